The van der Waals surface area contributed by atoms with E-state index in [0.29, 0.717) is 5.25 Å². The maximum absolute atomic E-state index is 4.97. The third-order valence-corrected chi connectivity index (χ3v) is 3.72. The molecule has 0 bridgehead atoms. The highest BCUT2D eigenvalue weighted by Gasteiger charge is 2.03. The Kier molecular flexibility index (Phi) is 6.91. The van der Waals surface area contributed by atoms with Gasteiger partial charge in [0.15, 0.2) is 0 Å². The largest absolute Gasteiger partial charge is 0.118 e. The SMILES string of the molecule is CC(=S)SCC(C)SC(C)=S. The molecule has 0 aromatic rings. The molecule has 0 radical (unpaired) electrons. The van der Waals surface area contributed by atoms with Crippen LogP contribution in [-0.2, 0) is 0 Å². The second kappa shape index (κ2) is 6.40. The zero-order valence-electron chi connectivity index (χ0n) is 6.92. The van der Waals surface area contributed by atoms with Crippen molar-refractivity contribution in [1.82, 2.24) is 0 Å². The van der Waals surface area contributed by atoms with Crippen LogP contribution in [0.4, 0.5) is 0 Å². The molecule has 1 unspecified atom stereocenters. The fraction of sp³-hybridized carbons (Fsp3) is 0.714. The van der Waals surface area contributed by atoms with Crippen molar-refractivity contribution < 1.29 is 0 Å². The average molecular weight is 224 g/mol. The van der Waals surface area contributed by atoms with Gasteiger partial charge in [-0.05, 0) is 13.8 Å². The number of thiocarbonyl (C=S) groups is 2. The first-order valence-electron chi connectivity index (χ1n) is 3.33. The van der Waals surface area contributed by atoms with Gasteiger partial charge in [0.2, 0.25) is 0 Å². The van der Waals surface area contributed by atoms with E-state index in [4.69, 9.17) is 24.4 Å². The van der Waals surface area contributed by atoms with Crippen molar-refractivity contribution in [2.24, 2.45) is 0 Å². The summed E-state index contributed by atoms with van der Waals surface area (Å²) in [4.78, 5) is 0. The summed E-state index contributed by atoms with van der Waals surface area (Å²) in [6, 6.07) is 0. The Bertz CT molecular complexity index is 153. The smallest absolute Gasteiger partial charge is 0.0450 e. The minimum Gasteiger partial charge on any atom is -0.118 e. The Morgan fingerprint density at radius 3 is 2.18 bits per heavy atom. The zero-order chi connectivity index (χ0) is 8.85. The van der Waals surface area contributed by atoms with Gasteiger partial charge in [0.1, 0.15) is 0 Å². The zero-order valence-corrected chi connectivity index (χ0v) is 10.2. The molecule has 0 rings (SSSR count). The summed E-state index contributed by atoms with van der Waals surface area (Å²) < 4.78 is 2.03. The maximum atomic E-state index is 4.97. The van der Waals surface area contributed by atoms with Crippen LogP contribution in [0.25, 0.3) is 0 Å². The molecule has 0 nitrogen and oxygen atoms in total. The molecule has 0 aliphatic heterocycles. The fourth-order valence-corrected chi connectivity index (χ4v) is 2.76. The molecule has 0 saturated heterocycles. The van der Waals surface area contributed by atoms with Crippen LogP contribution in [-0.4, -0.2) is 19.4 Å². The summed E-state index contributed by atoms with van der Waals surface area (Å²) in [5, 5.41) is 0.579. The van der Waals surface area contributed by atoms with Gasteiger partial charge in [-0.25, -0.2) is 0 Å². The van der Waals surface area contributed by atoms with Crippen molar-refractivity contribution in [2.75, 3.05) is 5.75 Å². The normalized spacial score (nSPS) is 12.6. The lowest BCUT2D eigenvalue weighted by Crippen LogP contribution is -2.03. The highest BCUT2D eigenvalue weighted by molar-refractivity contribution is 8.25. The van der Waals surface area contributed by atoms with Gasteiger partial charge in [0.25, 0.3) is 0 Å². The monoisotopic (exact) mass is 224 g/mol. The fourth-order valence-electron chi connectivity index (χ4n) is 0.552. The minimum atomic E-state index is 0.579. The molecule has 0 aromatic carbocycles. The van der Waals surface area contributed by atoms with E-state index >= 15 is 0 Å². The van der Waals surface area contributed by atoms with Crippen LogP contribution in [0.3, 0.4) is 0 Å². The Balaban J connectivity index is 3.44. The van der Waals surface area contributed by atoms with Gasteiger partial charge in [-0.1, -0.05) is 31.4 Å². The van der Waals surface area contributed by atoms with Gasteiger partial charge in [-0.15, -0.1) is 23.5 Å². The number of hydrogen-bond donors (Lipinski definition) is 0. The van der Waals surface area contributed by atoms with Crippen molar-refractivity contribution in [3.63, 3.8) is 0 Å². The molecule has 1 atom stereocenters. The second-order valence-electron chi connectivity index (χ2n) is 2.22. The maximum Gasteiger partial charge on any atom is 0.0450 e. The van der Waals surface area contributed by atoms with Gasteiger partial charge in [0, 0.05) is 19.4 Å². The first-order chi connectivity index (χ1) is 5.02. The molecule has 64 valence electrons. The molecule has 0 aromatic heterocycles. The van der Waals surface area contributed by atoms with E-state index in [9.17, 15) is 0 Å². The highest BCUT2D eigenvalue weighted by Crippen LogP contribution is 2.18. The Hall–Kier alpha value is 0.880. The van der Waals surface area contributed by atoms with E-state index in [2.05, 4.69) is 6.92 Å². The second-order valence-corrected chi connectivity index (χ2v) is 6.85. The molecule has 0 spiro atoms. The lowest BCUT2D eigenvalue weighted by atomic mass is 10.6. The van der Waals surface area contributed by atoms with Gasteiger partial charge in [0.05, 0.1) is 0 Å². The third kappa shape index (κ3) is 8.79. The summed E-state index contributed by atoms with van der Waals surface area (Å²) in [7, 11) is 0. The summed E-state index contributed by atoms with van der Waals surface area (Å²) in [5.74, 6) is 1.06. The number of rotatable bonds is 3. The van der Waals surface area contributed by atoms with Gasteiger partial charge < -0.3 is 0 Å². The summed E-state index contributed by atoms with van der Waals surface area (Å²) in [6.07, 6.45) is 0. The van der Waals surface area contributed by atoms with Crippen molar-refractivity contribution in [3.8, 4) is 0 Å². The van der Waals surface area contributed by atoms with Crippen LogP contribution >= 0.6 is 48.0 Å². The molecule has 0 N–H and O–H groups in total. The predicted molar refractivity (Wildman–Crippen MR) is 66.1 cm³/mol. The van der Waals surface area contributed by atoms with Crippen LogP contribution in [0.15, 0.2) is 0 Å². The molecular weight excluding hydrogens is 212 g/mol. The third-order valence-electron chi connectivity index (χ3n) is 0.888. The minimum absolute atomic E-state index is 0.579. The number of hydrogen-bond acceptors (Lipinski definition) is 4. The van der Waals surface area contributed by atoms with E-state index in [1.807, 2.05) is 13.8 Å². The van der Waals surface area contributed by atoms with Crippen molar-refractivity contribution in [1.29, 1.82) is 0 Å². The standard InChI is InChI=1S/C7H12S4/c1-5(11-7(3)9)4-10-6(2)8/h5H,4H2,1-3H3. The van der Waals surface area contributed by atoms with Crippen molar-refractivity contribution in [2.45, 2.75) is 26.0 Å². The van der Waals surface area contributed by atoms with Crippen molar-refractivity contribution >= 4 is 56.4 Å². The summed E-state index contributed by atoms with van der Waals surface area (Å²) in [6.45, 7) is 6.10. The first kappa shape index (κ1) is 11.9. The van der Waals surface area contributed by atoms with Crippen LogP contribution < -0.4 is 0 Å². The van der Waals surface area contributed by atoms with Crippen molar-refractivity contribution in [3.05, 3.63) is 0 Å². The van der Waals surface area contributed by atoms with Crippen LogP contribution in [0.5, 0.6) is 0 Å². The Labute approximate surface area is 87.9 Å². The molecule has 4 heteroatoms. The number of thioether (sulfide) groups is 2. The van der Waals surface area contributed by atoms with E-state index in [-0.39, 0.29) is 0 Å². The quantitative estimate of drug-likeness (QED) is 0.672. The predicted octanol–water partition coefficient (Wildman–Crippen LogP) is 3.54. The summed E-state index contributed by atoms with van der Waals surface area (Å²) in [5.41, 5.74) is 0. The van der Waals surface area contributed by atoms with E-state index < -0.39 is 0 Å². The molecule has 0 saturated carbocycles. The molecule has 11 heavy (non-hydrogen) atoms. The van der Waals surface area contributed by atoms with Crippen LogP contribution in [0, 0.1) is 0 Å². The lowest BCUT2D eigenvalue weighted by molar-refractivity contribution is 1.14. The van der Waals surface area contributed by atoms with Gasteiger partial charge in [-0.2, -0.15) is 0 Å². The molecule has 0 aliphatic carbocycles. The van der Waals surface area contributed by atoms with Gasteiger partial charge >= 0.3 is 0 Å². The van der Waals surface area contributed by atoms with E-state index in [0.717, 1.165) is 14.1 Å². The summed E-state index contributed by atoms with van der Waals surface area (Å²) >= 11 is 13.4. The highest BCUT2D eigenvalue weighted by atomic mass is 32.2. The Morgan fingerprint density at radius 2 is 1.82 bits per heavy atom. The average Bonchev–Trinajstić information content (AvgIpc) is 1.82. The molecular formula is C7H12S4. The van der Waals surface area contributed by atoms with Crippen LogP contribution in [0.1, 0.15) is 20.8 Å². The molecule has 0 amide bonds. The van der Waals surface area contributed by atoms with Crippen LogP contribution in [0.2, 0.25) is 0 Å². The topological polar surface area (TPSA) is 0 Å². The Morgan fingerprint density at radius 1 is 1.27 bits per heavy atom. The van der Waals surface area contributed by atoms with Gasteiger partial charge in [-0.3, -0.25) is 0 Å². The first-order valence-corrected chi connectivity index (χ1v) is 6.01. The van der Waals surface area contributed by atoms with E-state index in [1.165, 1.54) is 0 Å². The molecule has 0 aliphatic rings. The molecule has 0 fully saturated rings. The lowest BCUT2D eigenvalue weighted by Gasteiger charge is -2.07. The van der Waals surface area contributed by atoms with E-state index in [1.54, 1.807) is 23.5 Å². The molecule has 0 heterocycles.